The molecule has 0 radical (unpaired) electrons. The first-order valence-electron chi connectivity index (χ1n) is 10.1. The number of aryl methyl sites for hydroxylation is 2. The van der Waals surface area contributed by atoms with Crippen molar-refractivity contribution >= 4 is 22.2 Å². The van der Waals surface area contributed by atoms with E-state index in [1.165, 1.54) is 12.8 Å². The van der Waals surface area contributed by atoms with Crippen LogP contribution in [0.1, 0.15) is 54.6 Å². The Hall–Kier alpha value is -2.69. The fraction of sp³-hybridized carbons (Fsp3) is 0.409. The smallest absolute Gasteiger partial charge is 0.187 e. The molecular formula is C22H25N5OS. The van der Waals surface area contributed by atoms with E-state index < -0.39 is 0 Å². The molecule has 4 rings (SSSR count). The highest BCUT2D eigenvalue weighted by atomic mass is 32.1. The van der Waals surface area contributed by atoms with E-state index in [0.29, 0.717) is 11.7 Å². The van der Waals surface area contributed by atoms with Crippen LogP contribution in [0.4, 0.5) is 10.8 Å². The predicted molar refractivity (Wildman–Crippen MR) is 114 cm³/mol. The van der Waals surface area contributed by atoms with Crippen LogP contribution in [0.2, 0.25) is 0 Å². The number of hydrogen-bond acceptors (Lipinski definition) is 7. The largest absolute Gasteiger partial charge is 0.466 e. The van der Waals surface area contributed by atoms with Gasteiger partial charge in [-0.05, 0) is 63.5 Å². The zero-order valence-corrected chi connectivity index (χ0v) is 17.4. The number of furan rings is 1. The fourth-order valence-electron chi connectivity index (χ4n) is 3.82. The zero-order valence-electron chi connectivity index (χ0n) is 16.6. The molecule has 6 nitrogen and oxygen atoms in total. The molecule has 0 aromatic carbocycles. The van der Waals surface area contributed by atoms with Crippen LogP contribution in [-0.2, 0) is 6.42 Å². The molecule has 150 valence electrons. The summed E-state index contributed by atoms with van der Waals surface area (Å²) in [5.41, 5.74) is 2.41. The molecule has 0 amide bonds. The number of likely N-dealkylation sites (tertiary alicyclic amines) is 1. The predicted octanol–water partition coefficient (Wildman–Crippen LogP) is 5.21. The second-order valence-electron chi connectivity index (χ2n) is 7.41. The number of pyridine rings is 1. The summed E-state index contributed by atoms with van der Waals surface area (Å²) in [6.07, 6.45) is 7.40. The summed E-state index contributed by atoms with van der Waals surface area (Å²) >= 11 is 1.62. The van der Waals surface area contributed by atoms with E-state index in [9.17, 15) is 0 Å². The van der Waals surface area contributed by atoms with E-state index in [1.54, 1.807) is 23.6 Å². The summed E-state index contributed by atoms with van der Waals surface area (Å²) in [5.74, 6) is 2.06. The lowest BCUT2D eigenvalue weighted by atomic mass is 9.99. The van der Waals surface area contributed by atoms with Gasteiger partial charge in [-0.3, -0.25) is 4.90 Å². The van der Waals surface area contributed by atoms with Crippen molar-refractivity contribution in [1.29, 1.82) is 5.26 Å². The maximum absolute atomic E-state index is 8.86. The van der Waals surface area contributed by atoms with E-state index in [0.717, 1.165) is 60.4 Å². The Bertz CT molecular complexity index is 972. The SMILES string of the molecule is Cc1ccc(CCCN2CCCC[C@H]2c2csc(Nc3ccc(C#N)nc3)n2)o1. The topological polar surface area (TPSA) is 78.0 Å². The number of nitrogens with one attached hydrogen (secondary N) is 1. The fourth-order valence-corrected chi connectivity index (χ4v) is 4.60. The van der Waals surface area contributed by atoms with Gasteiger partial charge in [0, 0.05) is 11.8 Å². The van der Waals surface area contributed by atoms with Crippen LogP contribution in [0, 0.1) is 18.3 Å². The van der Waals surface area contributed by atoms with Gasteiger partial charge in [0.05, 0.1) is 23.6 Å². The molecule has 0 spiro atoms. The van der Waals surface area contributed by atoms with Gasteiger partial charge in [0.1, 0.15) is 23.3 Å². The first kappa shape index (κ1) is 19.6. The highest BCUT2D eigenvalue weighted by Gasteiger charge is 2.25. The quantitative estimate of drug-likeness (QED) is 0.579. The van der Waals surface area contributed by atoms with Crippen LogP contribution in [0.15, 0.2) is 40.3 Å². The molecule has 1 aliphatic rings. The van der Waals surface area contributed by atoms with Crippen molar-refractivity contribution in [2.24, 2.45) is 0 Å². The van der Waals surface area contributed by atoms with Gasteiger partial charge in [-0.2, -0.15) is 5.26 Å². The highest BCUT2D eigenvalue weighted by molar-refractivity contribution is 7.13. The lowest BCUT2D eigenvalue weighted by molar-refractivity contribution is 0.144. The first-order chi connectivity index (χ1) is 14.2. The second-order valence-corrected chi connectivity index (χ2v) is 8.27. The van der Waals surface area contributed by atoms with Crippen LogP contribution >= 0.6 is 11.3 Å². The standard InChI is InChI=1S/C22H25N5OS/c1-16-7-10-19(28-16)5-4-12-27-11-3-2-6-21(27)20-15-29-22(26-20)25-18-9-8-17(13-23)24-14-18/h7-10,14-15,21H,2-6,11-12H2,1H3,(H,25,26)/t21-/m0/s1. The molecule has 0 bridgehead atoms. The average molecular weight is 408 g/mol. The van der Waals surface area contributed by atoms with Crippen molar-refractivity contribution in [2.45, 2.75) is 45.1 Å². The lowest BCUT2D eigenvalue weighted by Crippen LogP contribution is -2.34. The van der Waals surface area contributed by atoms with E-state index in [4.69, 9.17) is 14.7 Å². The number of thiazole rings is 1. The minimum atomic E-state index is 0.382. The van der Waals surface area contributed by atoms with Crippen molar-refractivity contribution in [3.63, 3.8) is 0 Å². The third-order valence-corrected chi connectivity index (χ3v) is 6.05. The number of aromatic nitrogens is 2. The Kier molecular flexibility index (Phi) is 6.23. The van der Waals surface area contributed by atoms with Crippen molar-refractivity contribution < 1.29 is 4.42 Å². The van der Waals surface area contributed by atoms with Gasteiger partial charge >= 0.3 is 0 Å². The van der Waals surface area contributed by atoms with Crippen LogP contribution in [0.3, 0.4) is 0 Å². The molecule has 1 atom stereocenters. The van der Waals surface area contributed by atoms with E-state index in [2.05, 4.69) is 26.6 Å². The molecule has 0 saturated carbocycles. The maximum atomic E-state index is 8.86. The number of nitrogens with zero attached hydrogens (tertiary/aromatic N) is 4. The number of anilines is 2. The molecule has 0 aliphatic carbocycles. The minimum Gasteiger partial charge on any atom is -0.466 e. The summed E-state index contributed by atoms with van der Waals surface area (Å²) in [6, 6.07) is 10.1. The normalized spacial score (nSPS) is 17.2. The third-order valence-electron chi connectivity index (χ3n) is 5.27. The Morgan fingerprint density at radius 3 is 3.00 bits per heavy atom. The van der Waals surface area contributed by atoms with E-state index in [-0.39, 0.29) is 0 Å². The first-order valence-corrected chi connectivity index (χ1v) is 11.0. The third kappa shape index (κ3) is 5.03. The molecule has 0 unspecified atom stereocenters. The van der Waals surface area contributed by atoms with Gasteiger partial charge in [-0.25, -0.2) is 9.97 Å². The number of rotatable bonds is 7. The van der Waals surface area contributed by atoms with Crippen molar-refractivity contribution in [3.05, 3.63) is 58.8 Å². The molecule has 4 heterocycles. The Balaban J connectivity index is 1.37. The molecule has 1 N–H and O–H groups in total. The van der Waals surface area contributed by atoms with Gasteiger partial charge in [0.2, 0.25) is 0 Å². The molecule has 1 saturated heterocycles. The second kappa shape index (κ2) is 9.21. The summed E-state index contributed by atoms with van der Waals surface area (Å²) in [4.78, 5) is 11.5. The Morgan fingerprint density at radius 1 is 1.31 bits per heavy atom. The molecule has 3 aromatic rings. The molecule has 29 heavy (non-hydrogen) atoms. The van der Waals surface area contributed by atoms with Gasteiger partial charge in [-0.1, -0.05) is 6.42 Å². The average Bonchev–Trinajstić information content (AvgIpc) is 3.38. The summed E-state index contributed by atoms with van der Waals surface area (Å²) in [5, 5.41) is 15.2. The van der Waals surface area contributed by atoms with Gasteiger partial charge in [0.15, 0.2) is 5.13 Å². The molecule has 1 aliphatic heterocycles. The van der Waals surface area contributed by atoms with Crippen molar-refractivity contribution in [1.82, 2.24) is 14.9 Å². The van der Waals surface area contributed by atoms with Gasteiger partial charge < -0.3 is 9.73 Å². The Morgan fingerprint density at radius 2 is 2.24 bits per heavy atom. The monoisotopic (exact) mass is 407 g/mol. The minimum absolute atomic E-state index is 0.382. The highest BCUT2D eigenvalue weighted by Crippen LogP contribution is 2.33. The number of hydrogen-bond donors (Lipinski definition) is 1. The van der Waals surface area contributed by atoms with E-state index in [1.807, 2.05) is 25.1 Å². The molecule has 3 aromatic heterocycles. The summed E-state index contributed by atoms with van der Waals surface area (Å²) in [6.45, 7) is 4.18. The van der Waals surface area contributed by atoms with E-state index >= 15 is 0 Å². The van der Waals surface area contributed by atoms with Crippen LogP contribution in [0.25, 0.3) is 0 Å². The number of piperidine rings is 1. The number of nitriles is 1. The van der Waals surface area contributed by atoms with Crippen LogP contribution in [0.5, 0.6) is 0 Å². The van der Waals surface area contributed by atoms with Crippen LogP contribution in [-0.4, -0.2) is 28.0 Å². The Labute approximate surface area is 175 Å². The molecule has 1 fully saturated rings. The van der Waals surface area contributed by atoms with Gasteiger partial charge in [0.25, 0.3) is 0 Å². The zero-order chi connectivity index (χ0) is 20.1. The summed E-state index contributed by atoms with van der Waals surface area (Å²) in [7, 11) is 0. The van der Waals surface area contributed by atoms with Crippen molar-refractivity contribution in [3.8, 4) is 6.07 Å². The maximum Gasteiger partial charge on any atom is 0.187 e. The molecular weight excluding hydrogens is 382 g/mol. The molecule has 7 heteroatoms. The summed E-state index contributed by atoms with van der Waals surface area (Å²) < 4.78 is 5.70. The van der Waals surface area contributed by atoms with Gasteiger partial charge in [-0.15, -0.1) is 11.3 Å². The van der Waals surface area contributed by atoms with Crippen LogP contribution < -0.4 is 5.32 Å². The van der Waals surface area contributed by atoms with Crippen molar-refractivity contribution in [2.75, 3.05) is 18.4 Å². The lowest BCUT2D eigenvalue weighted by Gasteiger charge is -2.34.